The van der Waals surface area contributed by atoms with E-state index in [1.54, 1.807) is 84.9 Å². The van der Waals surface area contributed by atoms with Gasteiger partial charge in [0.15, 0.2) is 0 Å². The zero-order valence-corrected chi connectivity index (χ0v) is 45.0. The topological polar surface area (TPSA) is 124 Å². The van der Waals surface area contributed by atoms with Crippen LogP contribution in [0.4, 0.5) is 0 Å². The van der Waals surface area contributed by atoms with E-state index in [-0.39, 0.29) is 11.8 Å². The van der Waals surface area contributed by atoms with Gasteiger partial charge in [-0.15, -0.1) is 23.2 Å². The van der Waals surface area contributed by atoms with Crippen molar-refractivity contribution in [1.82, 2.24) is 0 Å². The Morgan fingerprint density at radius 1 is 0.411 bits per heavy atom. The summed E-state index contributed by atoms with van der Waals surface area (Å²) in [7, 11) is 0. The molecule has 0 saturated carbocycles. The van der Waals surface area contributed by atoms with Gasteiger partial charge >= 0.3 is 23.9 Å². The van der Waals surface area contributed by atoms with Gasteiger partial charge in [-0.1, -0.05) is 145 Å². The number of rotatable bonds is 23. The Bertz CT molecular complexity index is 2710. The van der Waals surface area contributed by atoms with Crippen LogP contribution in [0.1, 0.15) is 107 Å². The van der Waals surface area contributed by atoms with Gasteiger partial charge in [-0.2, -0.15) is 0 Å². The van der Waals surface area contributed by atoms with E-state index in [0.29, 0.717) is 68.9 Å². The largest absolute Gasteiger partial charge is 0.492 e. The molecule has 10 nitrogen and oxygen atoms in total. The van der Waals surface area contributed by atoms with Gasteiger partial charge in [-0.05, 0) is 132 Å². The smallest absolute Gasteiger partial charge is 0.343 e. The molecule has 0 amide bonds. The highest BCUT2D eigenvalue weighted by molar-refractivity contribution is 6.33. The van der Waals surface area contributed by atoms with Crippen molar-refractivity contribution in [2.24, 2.45) is 11.8 Å². The maximum Gasteiger partial charge on any atom is 0.343 e. The summed E-state index contributed by atoms with van der Waals surface area (Å²) in [5, 5.41) is -0.647. The second kappa shape index (κ2) is 29.6. The molecule has 6 aromatic carbocycles. The van der Waals surface area contributed by atoms with E-state index in [9.17, 15) is 19.2 Å². The Kier molecular flexibility index (Phi) is 23.5. The Morgan fingerprint density at radius 2 is 0.712 bits per heavy atom. The number of halogens is 4. The lowest BCUT2D eigenvalue weighted by Gasteiger charge is -2.12. The summed E-state index contributed by atoms with van der Waals surface area (Å²) >= 11 is 24.7. The lowest BCUT2D eigenvalue weighted by Crippen LogP contribution is -2.25. The summed E-state index contributed by atoms with van der Waals surface area (Å²) in [6, 6.07) is 38.3. The Morgan fingerprint density at radius 3 is 1.01 bits per heavy atom. The molecular weight excluding hydrogens is 1010 g/mol. The van der Waals surface area contributed by atoms with Gasteiger partial charge < -0.3 is 28.4 Å². The van der Waals surface area contributed by atoms with Crippen LogP contribution >= 0.6 is 46.4 Å². The molecular formula is C59H62Cl4O10. The predicted molar refractivity (Wildman–Crippen MR) is 291 cm³/mol. The molecule has 14 heteroatoms. The van der Waals surface area contributed by atoms with Gasteiger partial charge in [0.2, 0.25) is 0 Å². The van der Waals surface area contributed by atoms with Crippen LogP contribution < -0.4 is 28.4 Å². The van der Waals surface area contributed by atoms with Gasteiger partial charge in [0.1, 0.15) is 45.3 Å². The standard InChI is InChI=1S/C30H32Cl2O5.C29H30Cl2O5/c1-4-5-6-7-18-35-27-17-12-23(19-26(27)31)29(33)36-24-13-8-21(9-14-24)22-10-15-25(16-11-22)37-30(34)28(32)20(2)3;1-4-5-6-17-34-26-16-11-22(18-25(26)30)28(32)35-23-12-7-20(8-13-23)21-9-14-24(15-10-21)36-29(33)27(31)19(2)3/h8-17,19-20,28H,4-7,18H2,1-3H3;7-16,18-19,27H,4-6,17H2,1-3H3. The van der Waals surface area contributed by atoms with E-state index in [0.717, 1.165) is 54.4 Å². The number of hydrogen-bond donors (Lipinski definition) is 0. The highest BCUT2D eigenvalue weighted by Gasteiger charge is 2.23. The van der Waals surface area contributed by atoms with Crippen molar-refractivity contribution < 1.29 is 47.6 Å². The predicted octanol–water partition coefficient (Wildman–Crippen LogP) is 16.3. The molecule has 0 aliphatic carbocycles. The van der Waals surface area contributed by atoms with E-state index in [2.05, 4.69) is 13.8 Å². The van der Waals surface area contributed by atoms with Crippen LogP contribution in [0.5, 0.6) is 34.5 Å². The first-order chi connectivity index (χ1) is 35.1. The number of benzene rings is 6. The monoisotopic (exact) mass is 1070 g/mol. The van der Waals surface area contributed by atoms with Gasteiger partial charge in [-0.25, -0.2) is 9.59 Å². The number of alkyl halides is 2. The molecule has 2 atom stereocenters. The first-order valence-corrected chi connectivity index (χ1v) is 26.1. The fourth-order valence-corrected chi connectivity index (χ4v) is 7.38. The summed E-state index contributed by atoms with van der Waals surface area (Å²) in [6.45, 7) is 12.9. The van der Waals surface area contributed by atoms with Crippen LogP contribution in [0.25, 0.3) is 22.3 Å². The highest BCUT2D eigenvalue weighted by Crippen LogP contribution is 2.31. The molecule has 6 aromatic rings. The van der Waals surface area contributed by atoms with E-state index < -0.39 is 34.6 Å². The molecule has 0 aromatic heterocycles. The van der Waals surface area contributed by atoms with Crippen LogP contribution in [-0.2, 0) is 9.59 Å². The molecule has 73 heavy (non-hydrogen) atoms. The van der Waals surface area contributed by atoms with Crippen LogP contribution in [-0.4, -0.2) is 47.8 Å². The third kappa shape index (κ3) is 18.4. The second-order valence-electron chi connectivity index (χ2n) is 17.8. The van der Waals surface area contributed by atoms with Gasteiger partial charge in [0.25, 0.3) is 0 Å². The summed E-state index contributed by atoms with van der Waals surface area (Å²) in [6.07, 6.45) is 7.59. The van der Waals surface area contributed by atoms with Crippen LogP contribution in [0, 0.1) is 11.8 Å². The molecule has 0 aliphatic rings. The quantitative estimate of drug-likeness (QED) is 0.0265. The summed E-state index contributed by atoms with van der Waals surface area (Å²) < 4.78 is 33.1. The summed E-state index contributed by atoms with van der Waals surface area (Å²) in [4.78, 5) is 49.2. The van der Waals surface area contributed by atoms with Crippen molar-refractivity contribution in [3.63, 3.8) is 0 Å². The fraction of sp³-hybridized carbons (Fsp3) is 0.322. The van der Waals surface area contributed by atoms with Crippen LogP contribution in [0.3, 0.4) is 0 Å². The SMILES string of the molecule is CCCCCCOc1ccc(C(=O)Oc2ccc(-c3ccc(OC(=O)C(Cl)C(C)C)cc3)cc2)cc1Cl.CCCCCOc1ccc(C(=O)Oc2ccc(-c3ccc(OC(=O)C(Cl)C(C)C)cc3)cc2)cc1Cl. The minimum absolute atomic E-state index is 0.0169. The number of ether oxygens (including phenoxy) is 6. The number of carbonyl (C=O) groups excluding carboxylic acids is 4. The molecule has 0 aliphatic heterocycles. The molecule has 0 spiro atoms. The number of esters is 4. The van der Waals surface area contributed by atoms with E-state index in [4.69, 9.17) is 74.8 Å². The summed E-state index contributed by atoms with van der Waals surface area (Å²) in [5.41, 5.74) is 4.35. The first-order valence-electron chi connectivity index (χ1n) is 24.5. The molecule has 0 radical (unpaired) electrons. The highest BCUT2D eigenvalue weighted by atomic mass is 35.5. The Labute approximate surface area is 449 Å². The van der Waals surface area contributed by atoms with Gasteiger partial charge in [0.05, 0.1) is 34.4 Å². The molecule has 0 saturated heterocycles. The van der Waals surface area contributed by atoms with E-state index >= 15 is 0 Å². The second-order valence-corrected chi connectivity index (χ2v) is 19.5. The van der Waals surface area contributed by atoms with Crippen molar-refractivity contribution in [3.8, 4) is 56.8 Å². The normalized spacial score (nSPS) is 11.7. The average Bonchev–Trinajstić information content (AvgIpc) is 3.38. The number of carbonyl (C=O) groups is 4. The molecule has 0 heterocycles. The maximum absolute atomic E-state index is 12.6. The number of unbranched alkanes of at least 4 members (excludes halogenated alkanes) is 5. The average molecular weight is 1070 g/mol. The first kappa shape index (κ1) is 57.9. The zero-order valence-electron chi connectivity index (χ0n) is 42.0. The molecule has 0 fully saturated rings. The van der Waals surface area contributed by atoms with Gasteiger partial charge in [0, 0.05) is 0 Å². The molecule has 386 valence electrons. The maximum atomic E-state index is 12.6. The van der Waals surface area contributed by atoms with E-state index in [1.165, 1.54) is 12.8 Å². The van der Waals surface area contributed by atoms with Crippen LogP contribution in [0.15, 0.2) is 133 Å². The third-order valence-corrected chi connectivity index (χ3v) is 13.1. The molecule has 6 rings (SSSR count). The van der Waals surface area contributed by atoms with Crippen molar-refractivity contribution in [1.29, 1.82) is 0 Å². The number of hydrogen-bond acceptors (Lipinski definition) is 10. The fourth-order valence-electron chi connectivity index (χ4n) is 6.82. The van der Waals surface area contributed by atoms with Crippen molar-refractivity contribution in [3.05, 3.63) is 155 Å². The van der Waals surface area contributed by atoms with Crippen LogP contribution in [0.2, 0.25) is 10.0 Å². The minimum Gasteiger partial charge on any atom is -0.492 e. The molecule has 0 N–H and O–H groups in total. The van der Waals surface area contributed by atoms with Crippen molar-refractivity contribution in [2.75, 3.05) is 13.2 Å². The molecule has 2 unspecified atom stereocenters. The lowest BCUT2D eigenvalue weighted by atomic mass is 10.1. The summed E-state index contributed by atoms with van der Waals surface area (Å²) in [5.74, 6) is 0.797. The zero-order chi connectivity index (χ0) is 52.9. The van der Waals surface area contributed by atoms with Gasteiger partial charge in [-0.3, -0.25) is 9.59 Å². The molecule has 0 bridgehead atoms. The van der Waals surface area contributed by atoms with Crippen molar-refractivity contribution >= 4 is 70.3 Å². The Hall–Kier alpha value is -6.04. The Balaban J connectivity index is 0.000000271. The third-order valence-electron chi connectivity index (χ3n) is 11.2. The van der Waals surface area contributed by atoms with Crippen molar-refractivity contribution in [2.45, 2.75) is 97.2 Å². The van der Waals surface area contributed by atoms with E-state index in [1.807, 2.05) is 76.2 Å². The lowest BCUT2D eigenvalue weighted by molar-refractivity contribution is -0.135. The minimum atomic E-state index is -0.697.